The Hall–Kier alpha value is -3.64. The van der Waals surface area contributed by atoms with Gasteiger partial charge in [0.2, 0.25) is 0 Å². The average molecular weight is 415 g/mol. The highest BCUT2D eigenvalue weighted by molar-refractivity contribution is 6.07. The van der Waals surface area contributed by atoms with Crippen LogP contribution in [0.25, 0.3) is 22.2 Å². The Morgan fingerprint density at radius 3 is 2.55 bits per heavy atom. The summed E-state index contributed by atoms with van der Waals surface area (Å²) < 4.78 is 10.8. The number of pyridine rings is 1. The summed E-state index contributed by atoms with van der Waals surface area (Å²) in [4.78, 5) is 20.0. The van der Waals surface area contributed by atoms with Crippen LogP contribution in [0.1, 0.15) is 22.2 Å². The first-order valence-electron chi connectivity index (χ1n) is 10.1. The van der Waals surface area contributed by atoms with E-state index in [1.54, 1.807) is 13.4 Å². The molecule has 4 rings (SSSR count). The monoisotopic (exact) mass is 415 g/mol. The predicted octanol–water partition coefficient (Wildman–Crippen LogP) is 4.54. The molecule has 0 aliphatic carbocycles. The molecular formula is C25H25N3O3. The van der Waals surface area contributed by atoms with Crippen molar-refractivity contribution in [3.8, 4) is 17.0 Å². The van der Waals surface area contributed by atoms with E-state index in [4.69, 9.17) is 14.1 Å². The summed E-state index contributed by atoms with van der Waals surface area (Å²) in [5.74, 6) is 1.44. The van der Waals surface area contributed by atoms with Gasteiger partial charge in [0.1, 0.15) is 11.5 Å². The van der Waals surface area contributed by atoms with Crippen molar-refractivity contribution in [2.75, 3.05) is 27.7 Å². The third-order valence-electron chi connectivity index (χ3n) is 5.30. The molecule has 0 aliphatic heterocycles. The van der Waals surface area contributed by atoms with Gasteiger partial charge < -0.3 is 14.5 Å². The van der Waals surface area contributed by atoms with E-state index in [1.165, 1.54) is 0 Å². The summed E-state index contributed by atoms with van der Waals surface area (Å²) in [6, 6.07) is 20.9. The third-order valence-corrected chi connectivity index (χ3v) is 5.30. The van der Waals surface area contributed by atoms with Gasteiger partial charge in [-0.2, -0.15) is 0 Å². The van der Waals surface area contributed by atoms with Gasteiger partial charge in [0.05, 0.1) is 36.2 Å². The highest BCUT2D eigenvalue weighted by Gasteiger charge is 2.20. The van der Waals surface area contributed by atoms with E-state index in [2.05, 4.69) is 5.32 Å². The number of carbonyl (C=O) groups excluding carboxylic acids is 1. The van der Waals surface area contributed by atoms with Crippen LogP contribution in [0.3, 0.4) is 0 Å². The molecule has 0 saturated heterocycles. The zero-order valence-electron chi connectivity index (χ0n) is 17.8. The second kappa shape index (κ2) is 9.02. The average Bonchev–Trinajstić information content (AvgIpc) is 3.32. The van der Waals surface area contributed by atoms with Crippen LogP contribution in [0.15, 0.2) is 77.4 Å². The molecule has 6 nitrogen and oxygen atoms in total. The minimum atomic E-state index is -0.147. The van der Waals surface area contributed by atoms with Crippen LogP contribution in [-0.4, -0.2) is 43.5 Å². The van der Waals surface area contributed by atoms with Crippen LogP contribution in [-0.2, 0) is 0 Å². The van der Waals surface area contributed by atoms with Gasteiger partial charge in [0.25, 0.3) is 5.91 Å². The molecule has 2 aromatic carbocycles. The van der Waals surface area contributed by atoms with E-state index < -0.39 is 0 Å². The standard InChI is InChI=1S/C25H25N3O3/c1-28(2)23(24-9-6-14-31-24)16-26-25(29)20-15-22(17-10-12-18(30-3)13-11-17)27-21-8-5-4-7-19(20)21/h4-15,23H,16H2,1-3H3,(H,26,29)/t23-/m1/s1. The van der Waals surface area contributed by atoms with Crippen molar-refractivity contribution in [1.82, 2.24) is 15.2 Å². The van der Waals surface area contributed by atoms with Crippen molar-refractivity contribution in [2.45, 2.75) is 6.04 Å². The lowest BCUT2D eigenvalue weighted by Gasteiger charge is -2.22. The van der Waals surface area contributed by atoms with E-state index in [-0.39, 0.29) is 11.9 Å². The number of rotatable bonds is 7. The van der Waals surface area contributed by atoms with Crippen molar-refractivity contribution in [1.29, 1.82) is 0 Å². The SMILES string of the molecule is COc1ccc(-c2cc(C(=O)NC[C@H](c3ccco3)N(C)C)c3ccccc3n2)cc1. The smallest absolute Gasteiger partial charge is 0.252 e. The molecule has 158 valence electrons. The van der Waals surface area contributed by atoms with Gasteiger partial charge in [-0.1, -0.05) is 18.2 Å². The maximum atomic E-state index is 13.2. The van der Waals surface area contributed by atoms with E-state index in [0.29, 0.717) is 12.1 Å². The van der Waals surface area contributed by atoms with Crippen molar-refractivity contribution in [3.05, 3.63) is 84.3 Å². The van der Waals surface area contributed by atoms with Crippen molar-refractivity contribution < 1.29 is 13.9 Å². The number of nitrogens with zero attached hydrogens (tertiary/aromatic N) is 2. The highest BCUT2D eigenvalue weighted by atomic mass is 16.5. The fourth-order valence-electron chi connectivity index (χ4n) is 3.58. The van der Waals surface area contributed by atoms with Gasteiger partial charge in [-0.05, 0) is 62.6 Å². The maximum absolute atomic E-state index is 13.2. The Bertz CT molecular complexity index is 1170. The third kappa shape index (κ3) is 4.44. The normalized spacial score (nSPS) is 12.1. The first-order valence-corrected chi connectivity index (χ1v) is 10.1. The first kappa shape index (κ1) is 20.6. The second-order valence-electron chi connectivity index (χ2n) is 7.51. The molecule has 6 heteroatoms. The Kier molecular flexibility index (Phi) is 6.00. The number of carbonyl (C=O) groups is 1. The minimum Gasteiger partial charge on any atom is -0.497 e. The van der Waals surface area contributed by atoms with Crippen molar-refractivity contribution >= 4 is 16.8 Å². The number of nitrogens with one attached hydrogen (secondary N) is 1. The van der Waals surface area contributed by atoms with Gasteiger partial charge >= 0.3 is 0 Å². The molecule has 2 aromatic heterocycles. The van der Waals surface area contributed by atoms with Crippen LogP contribution in [0.2, 0.25) is 0 Å². The van der Waals surface area contributed by atoms with Crippen LogP contribution in [0, 0.1) is 0 Å². The van der Waals surface area contributed by atoms with E-state index in [1.807, 2.05) is 85.7 Å². The minimum absolute atomic E-state index is 0.0619. The number of ether oxygens (including phenoxy) is 1. The zero-order chi connectivity index (χ0) is 21.8. The van der Waals surface area contributed by atoms with Gasteiger partial charge in [-0.3, -0.25) is 9.69 Å². The van der Waals surface area contributed by atoms with Crippen molar-refractivity contribution in [2.24, 2.45) is 0 Å². The lowest BCUT2D eigenvalue weighted by molar-refractivity contribution is 0.0940. The summed E-state index contributed by atoms with van der Waals surface area (Å²) in [5, 5.41) is 3.89. The van der Waals surface area contributed by atoms with E-state index in [0.717, 1.165) is 33.7 Å². The molecule has 0 spiro atoms. The van der Waals surface area contributed by atoms with Crippen molar-refractivity contribution in [3.63, 3.8) is 0 Å². The Labute approximate surface area is 181 Å². The van der Waals surface area contributed by atoms with Gasteiger partial charge in [-0.15, -0.1) is 0 Å². The zero-order valence-corrected chi connectivity index (χ0v) is 17.8. The van der Waals surface area contributed by atoms with Crippen LogP contribution in [0.4, 0.5) is 0 Å². The molecule has 0 fully saturated rings. The summed E-state index contributed by atoms with van der Waals surface area (Å²) in [5.41, 5.74) is 3.02. The molecule has 0 unspecified atom stereocenters. The second-order valence-corrected chi connectivity index (χ2v) is 7.51. The molecule has 1 N–H and O–H groups in total. The summed E-state index contributed by atoms with van der Waals surface area (Å²) in [6.07, 6.45) is 1.64. The number of methoxy groups -OCH3 is 1. The Balaban J connectivity index is 1.66. The van der Waals surface area contributed by atoms with Crippen LogP contribution >= 0.6 is 0 Å². The number of hydrogen-bond acceptors (Lipinski definition) is 5. The lowest BCUT2D eigenvalue weighted by Crippen LogP contribution is -2.34. The first-order chi connectivity index (χ1) is 15.1. The van der Waals surface area contributed by atoms with E-state index >= 15 is 0 Å². The topological polar surface area (TPSA) is 67.6 Å². The Morgan fingerprint density at radius 2 is 1.87 bits per heavy atom. The molecule has 0 saturated carbocycles. The molecule has 0 radical (unpaired) electrons. The molecule has 0 bridgehead atoms. The number of hydrogen-bond donors (Lipinski definition) is 1. The van der Waals surface area contributed by atoms with E-state index in [9.17, 15) is 4.79 Å². The number of benzene rings is 2. The molecule has 31 heavy (non-hydrogen) atoms. The number of para-hydroxylation sites is 1. The molecule has 1 amide bonds. The summed E-state index contributed by atoms with van der Waals surface area (Å²) in [6.45, 7) is 0.424. The fraction of sp³-hybridized carbons (Fsp3) is 0.200. The lowest BCUT2D eigenvalue weighted by atomic mass is 10.0. The molecule has 2 heterocycles. The summed E-state index contributed by atoms with van der Waals surface area (Å²) in [7, 11) is 5.56. The molecule has 1 atom stereocenters. The van der Waals surface area contributed by atoms with Gasteiger partial charge in [0.15, 0.2) is 0 Å². The number of fused-ring (bicyclic) bond motifs is 1. The maximum Gasteiger partial charge on any atom is 0.252 e. The molecule has 0 aliphatic rings. The summed E-state index contributed by atoms with van der Waals surface area (Å²) >= 11 is 0. The molecular weight excluding hydrogens is 390 g/mol. The molecule has 4 aromatic rings. The number of furan rings is 1. The van der Waals surface area contributed by atoms with Gasteiger partial charge in [-0.25, -0.2) is 4.98 Å². The largest absolute Gasteiger partial charge is 0.497 e. The van der Waals surface area contributed by atoms with Gasteiger partial charge in [0, 0.05) is 17.5 Å². The quantitative estimate of drug-likeness (QED) is 0.480. The van der Waals surface area contributed by atoms with Crippen LogP contribution < -0.4 is 10.1 Å². The Morgan fingerprint density at radius 1 is 1.10 bits per heavy atom. The number of amides is 1. The number of aromatic nitrogens is 1. The highest BCUT2D eigenvalue weighted by Crippen LogP contribution is 2.26. The van der Waals surface area contributed by atoms with Crippen LogP contribution in [0.5, 0.6) is 5.75 Å². The number of likely N-dealkylation sites (N-methyl/N-ethyl adjacent to an activating group) is 1. The predicted molar refractivity (Wildman–Crippen MR) is 121 cm³/mol. The fourth-order valence-corrected chi connectivity index (χ4v) is 3.58.